The Morgan fingerprint density at radius 1 is 1.07 bits per heavy atom. The second-order valence-corrected chi connectivity index (χ2v) is 7.57. The number of quaternary nitrogens is 1. The quantitative estimate of drug-likeness (QED) is 0.777. The number of amides is 3. The van der Waals surface area contributed by atoms with Gasteiger partial charge in [-0.1, -0.05) is 23.8 Å². The number of rotatable bonds is 4. The summed E-state index contributed by atoms with van der Waals surface area (Å²) < 4.78 is 0. The van der Waals surface area contributed by atoms with Crippen molar-refractivity contribution in [2.75, 3.05) is 42.6 Å². The third-order valence-corrected chi connectivity index (χ3v) is 5.65. The summed E-state index contributed by atoms with van der Waals surface area (Å²) in [5.74, 6) is 0.992. The standard InChI is InChI=1S/C21H25N5O2/c1-16-6-8-18(9-7-16)26-17(2)20(27)25(21(26)28)15-23-11-13-24(14-12-23)19-5-3-4-10-22-19/h3-10,17H,11-15H2,1-2H3/p+2/t17-/m1/s1. The van der Waals surface area contributed by atoms with Gasteiger partial charge in [0, 0.05) is 11.8 Å². The summed E-state index contributed by atoms with van der Waals surface area (Å²) in [6, 6.07) is 13.1. The number of anilines is 2. The number of hydrogen-bond donors (Lipinski definition) is 1. The van der Waals surface area contributed by atoms with Gasteiger partial charge in [0.15, 0.2) is 6.67 Å². The zero-order chi connectivity index (χ0) is 19.7. The van der Waals surface area contributed by atoms with Crippen LogP contribution in [0.4, 0.5) is 16.3 Å². The molecule has 2 aliphatic rings. The topological polar surface area (TPSA) is 62.4 Å². The number of benzene rings is 1. The fourth-order valence-corrected chi connectivity index (χ4v) is 3.94. The van der Waals surface area contributed by atoms with Gasteiger partial charge in [0.25, 0.3) is 11.7 Å². The Labute approximate surface area is 165 Å². The number of aryl methyl sites for hydroxylation is 1. The van der Waals surface area contributed by atoms with Crippen LogP contribution in [0.3, 0.4) is 0 Å². The van der Waals surface area contributed by atoms with Crippen molar-refractivity contribution in [1.29, 1.82) is 0 Å². The van der Waals surface area contributed by atoms with Crippen LogP contribution in [0.5, 0.6) is 0 Å². The lowest BCUT2D eigenvalue weighted by Crippen LogP contribution is -3.16. The van der Waals surface area contributed by atoms with E-state index in [1.54, 1.807) is 11.8 Å². The van der Waals surface area contributed by atoms with Crippen molar-refractivity contribution in [3.8, 4) is 0 Å². The molecule has 3 heterocycles. The Balaban J connectivity index is 1.40. The number of carbonyl (C=O) groups excluding carboxylic acids is 2. The largest absolute Gasteiger partial charge is 0.336 e. The molecule has 4 rings (SSSR count). The average Bonchev–Trinajstić information content (AvgIpc) is 2.93. The van der Waals surface area contributed by atoms with E-state index < -0.39 is 6.04 Å². The number of nitrogens with one attached hydrogen (secondary N) is 2. The highest BCUT2D eigenvalue weighted by Gasteiger charge is 2.45. The minimum Gasteiger partial charge on any atom is -0.311 e. The van der Waals surface area contributed by atoms with Gasteiger partial charge in [-0.2, -0.15) is 0 Å². The van der Waals surface area contributed by atoms with E-state index in [9.17, 15) is 9.59 Å². The van der Waals surface area contributed by atoms with E-state index in [-0.39, 0.29) is 11.9 Å². The number of H-pyrrole nitrogens is 1. The smallest absolute Gasteiger partial charge is 0.311 e. The van der Waals surface area contributed by atoms with Crippen LogP contribution in [0.1, 0.15) is 12.5 Å². The normalized spacial score (nSPS) is 20.9. The lowest BCUT2D eigenvalue weighted by Gasteiger charge is -2.30. The summed E-state index contributed by atoms with van der Waals surface area (Å²) >= 11 is 0. The van der Waals surface area contributed by atoms with Gasteiger partial charge in [0.05, 0.1) is 6.20 Å². The number of urea groups is 1. The minimum absolute atomic E-state index is 0.114. The number of nitrogens with zero attached hydrogens (tertiary/aromatic N) is 3. The summed E-state index contributed by atoms with van der Waals surface area (Å²) in [6.07, 6.45) is 1.93. The van der Waals surface area contributed by atoms with Gasteiger partial charge < -0.3 is 4.90 Å². The Hall–Kier alpha value is -2.93. The van der Waals surface area contributed by atoms with Crippen LogP contribution in [0, 0.1) is 6.92 Å². The molecule has 1 aromatic carbocycles. The number of pyridine rings is 1. The van der Waals surface area contributed by atoms with Crippen molar-refractivity contribution in [3.63, 3.8) is 0 Å². The molecule has 0 saturated carbocycles. The molecular formula is C21H27N5O2+2. The van der Waals surface area contributed by atoms with E-state index in [1.807, 2.05) is 49.5 Å². The van der Waals surface area contributed by atoms with E-state index in [4.69, 9.17) is 0 Å². The first-order valence-electron chi connectivity index (χ1n) is 9.81. The van der Waals surface area contributed by atoms with Gasteiger partial charge >= 0.3 is 6.03 Å². The number of aromatic nitrogens is 1. The van der Waals surface area contributed by atoms with Crippen molar-refractivity contribution < 1.29 is 19.5 Å². The molecule has 2 aromatic rings. The van der Waals surface area contributed by atoms with Crippen molar-refractivity contribution in [2.45, 2.75) is 19.9 Å². The van der Waals surface area contributed by atoms with Gasteiger partial charge in [0.2, 0.25) is 0 Å². The van der Waals surface area contributed by atoms with Crippen LogP contribution in [-0.4, -0.2) is 55.7 Å². The summed E-state index contributed by atoms with van der Waals surface area (Å²) in [5, 5.41) is 0. The third-order valence-electron chi connectivity index (χ3n) is 5.65. The highest BCUT2D eigenvalue weighted by Crippen LogP contribution is 2.25. The Morgan fingerprint density at radius 3 is 2.43 bits per heavy atom. The lowest BCUT2D eigenvalue weighted by molar-refractivity contribution is -0.908. The summed E-state index contributed by atoms with van der Waals surface area (Å²) in [7, 11) is 0. The van der Waals surface area contributed by atoms with Crippen molar-refractivity contribution in [2.24, 2.45) is 0 Å². The molecule has 0 bridgehead atoms. The first-order chi connectivity index (χ1) is 13.5. The molecule has 1 atom stereocenters. The Morgan fingerprint density at radius 2 is 1.79 bits per heavy atom. The maximum Gasteiger partial charge on any atom is 0.336 e. The fourth-order valence-electron chi connectivity index (χ4n) is 3.94. The molecule has 28 heavy (non-hydrogen) atoms. The first kappa shape index (κ1) is 18.4. The van der Waals surface area contributed by atoms with Crippen molar-refractivity contribution in [3.05, 3.63) is 54.2 Å². The highest BCUT2D eigenvalue weighted by atomic mass is 16.2. The van der Waals surface area contributed by atoms with Gasteiger partial charge in [-0.15, -0.1) is 0 Å². The zero-order valence-electron chi connectivity index (χ0n) is 16.4. The van der Waals surface area contributed by atoms with E-state index in [2.05, 4.69) is 16.0 Å². The Kier molecular flexibility index (Phi) is 5.00. The molecule has 146 valence electrons. The van der Waals surface area contributed by atoms with E-state index in [0.717, 1.165) is 43.2 Å². The molecule has 2 fully saturated rings. The number of hydrogen-bond acceptors (Lipinski definition) is 3. The Bertz CT molecular complexity index is 847. The fraction of sp³-hybridized carbons (Fsp3) is 0.381. The molecule has 1 aromatic heterocycles. The maximum atomic E-state index is 13.0. The van der Waals surface area contributed by atoms with Crippen LogP contribution in [0.25, 0.3) is 0 Å². The first-order valence-corrected chi connectivity index (χ1v) is 9.81. The number of aromatic amines is 1. The van der Waals surface area contributed by atoms with Crippen LogP contribution in [-0.2, 0) is 4.79 Å². The molecule has 7 heteroatoms. The molecule has 0 unspecified atom stereocenters. The molecular weight excluding hydrogens is 354 g/mol. The number of carbonyl (C=O) groups is 2. The minimum atomic E-state index is -0.463. The molecule has 3 amide bonds. The average molecular weight is 381 g/mol. The van der Waals surface area contributed by atoms with E-state index >= 15 is 0 Å². The predicted molar refractivity (Wildman–Crippen MR) is 106 cm³/mol. The van der Waals surface area contributed by atoms with E-state index in [0.29, 0.717) is 6.67 Å². The molecule has 2 N–H and O–H groups in total. The van der Waals surface area contributed by atoms with Crippen molar-refractivity contribution in [1.82, 2.24) is 4.90 Å². The second-order valence-electron chi connectivity index (χ2n) is 7.57. The molecule has 2 aliphatic heterocycles. The van der Waals surface area contributed by atoms with Gasteiger partial charge in [0.1, 0.15) is 32.2 Å². The maximum absolute atomic E-state index is 13.0. The summed E-state index contributed by atoms with van der Waals surface area (Å²) in [6.45, 7) is 7.80. The van der Waals surface area contributed by atoms with Crippen LogP contribution < -0.4 is 19.7 Å². The van der Waals surface area contributed by atoms with Gasteiger partial charge in [-0.3, -0.25) is 14.6 Å². The summed E-state index contributed by atoms with van der Waals surface area (Å²) in [5.41, 5.74) is 1.91. The third kappa shape index (κ3) is 3.45. The molecule has 2 saturated heterocycles. The molecule has 7 nitrogen and oxygen atoms in total. The van der Waals surface area contributed by atoms with Gasteiger partial charge in [-0.05, 0) is 32.0 Å². The van der Waals surface area contributed by atoms with Crippen molar-refractivity contribution >= 4 is 23.4 Å². The molecule has 0 spiro atoms. The van der Waals surface area contributed by atoms with Crippen LogP contribution in [0.15, 0.2) is 48.7 Å². The van der Waals surface area contributed by atoms with Crippen LogP contribution in [0.2, 0.25) is 0 Å². The monoisotopic (exact) mass is 381 g/mol. The molecule has 0 aliphatic carbocycles. The zero-order valence-corrected chi connectivity index (χ0v) is 16.4. The van der Waals surface area contributed by atoms with Gasteiger partial charge in [-0.25, -0.2) is 14.7 Å². The highest BCUT2D eigenvalue weighted by molar-refractivity contribution is 6.13. The second kappa shape index (κ2) is 7.59. The predicted octanol–water partition coefficient (Wildman–Crippen LogP) is 0.329. The SMILES string of the molecule is Cc1ccc(N2C(=O)N(C[NH+]3CCN(c4cccc[nH+]4)CC3)C(=O)[C@H]2C)cc1. The number of piperazine rings is 1. The summed E-state index contributed by atoms with van der Waals surface area (Å²) in [4.78, 5) is 35.6. The van der Waals surface area contributed by atoms with E-state index in [1.165, 1.54) is 9.80 Å². The molecule has 0 radical (unpaired) electrons. The van der Waals surface area contributed by atoms with Crippen LogP contribution >= 0.6 is 0 Å². The lowest BCUT2D eigenvalue weighted by atomic mass is 10.2. The number of imide groups is 1.